The Morgan fingerprint density at radius 2 is 1.77 bits per heavy atom. The summed E-state index contributed by atoms with van der Waals surface area (Å²) < 4.78 is 21.6. The Labute approximate surface area is 241 Å². The fourth-order valence-corrected chi connectivity index (χ4v) is 4.43. The Balaban J connectivity index is 1.85. The molecule has 40 heavy (non-hydrogen) atoms. The number of benzene rings is 2. The molecule has 0 fully saturated rings. The number of hydrogen-bond acceptors (Lipinski definition) is 5. The molecule has 11 heteroatoms. The van der Waals surface area contributed by atoms with Crippen LogP contribution in [-0.2, 0) is 13.2 Å². The Bertz CT molecular complexity index is 1440. The van der Waals surface area contributed by atoms with Crippen molar-refractivity contribution in [2.24, 2.45) is 0 Å². The van der Waals surface area contributed by atoms with Gasteiger partial charge in [-0.1, -0.05) is 12.1 Å². The summed E-state index contributed by atoms with van der Waals surface area (Å²) in [6.07, 6.45) is 0. The number of nitrogens with zero attached hydrogens (tertiary/aromatic N) is 2. The molecule has 0 saturated carbocycles. The molecule has 3 amide bonds. The standard InChI is InChI=1S/C29H35BrFN5O4/c1-6-32-29(39)34-16-22-14-23(31)10-9-21(22)17-40-25-13-19(3)36(28(38)26(25)30)24-15-20(8-7-18(24)2)27(37)33-11-12-35(4)5/h7-10,13-15H,6,11-12,16-17H2,1-5H3,(H,33,37)(H2,32,34,39). The molecule has 3 N–H and O–H groups in total. The number of ether oxygens (including phenoxy) is 1. The maximum absolute atomic E-state index is 13.9. The van der Waals surface area contributed by atoms with E-state index in [1.54, 1.807) is 38.1 Å². The van der Waals surface area contributed by atoms with E-state index in [1.165, 1.54) is 16.7 Å². The van der Waals surface area contributed by atoms with Crippen molar-refractivity contribution in [2.75, 3.05) is 33.7 Å². The molecular weight excluding hydrogens is 581 g/mol. The lowest BCUT2D eigenvalue weighted by molar-refractivity contribution is 0.0951. The Morgan fingerprint density at radius 3 is 2.48 bits per heavy atom. The summed E-state index contributed by atoms with van der Waals surface area (Å²) in [6.45, 7) is 7.31. The van der Waals surface area contributed by atoms with Gasteiger partial charge in [0.25, 0.3) is 11.5 Å². The van der Waals surface area contributed by atoms with Gasteiger partial charge in [-0.15, -0.1) is 0 Å². The van der Waals surface area contributed by atoms with Gasteiger partial charge in [0.2, 0.25) is 0 Å². The number of halogens is 2. The third-order valence-electron chi connectivity index (χ3n) is 6.18. The van der Waals surface area contributed by atoms with Crippen LogP contribution in [0.15, 0.2) is 51.7 Å². The van der Waals surface area contributed by atoms with Gasteiger partial charge in [0.15, 0.2) is 0 Å². The third-order valence-corrected chi connectivity index (χ3v) is 6.91. The summed E-state index contributed by atoms with van der Waals surface area (Å²) in [5.41, 5.74) is 3.35. The zero-order valence-electron chi connectivity index (χ0n) is 23.4. The van der Waals surface area contributed by atoms with Gasteiger partial charge in [-0.3, -0.25) is 14.2 Å². The number of likely N-dealkylation sites (N-methyl/N-ethyl adjacent to an activating group) is 1. The van der Waals surface area contributed by atoms with Crippen LogP contribution < -0.4 is 26.2 Å². The highest BCUT2D eigenvalue weighted by atomic mass is 79.9. The van der Waals surface area contributed by atoms with Crippen molar-refractivity contribution in [3.8, 4) is 11.4 Å². The highest BCUT2D eigenvalue weighted by molar-refractivity contribution is 9.10. The van der Waals surface area contributed by atoms with E-state index in [-0.39, 0.29) is 35.1 Å². The maximum atomic E-state index is 13.9. The molecule has 1 heterocycles. The molecule has 0 unspecified atom stereocenters. The topological polar surface area (TPSA) is 105 Å². The summed E-state index contributed by atoms with van der Waals surface area (Å²) in [7, 11) is 3.86. The number of aryl methyl sites for hydroxylation is 2. The molecule has 1 aromatic heterocycles. The van der Waals surface area contributed by atoms with Crippen molar-refractivity contribution in [2.45, 2.75) is 33.9 Å². The normalized spacial score (nSPS) is 10.9. The van der Waals surface area contributed by atoms with Crippen LogP contribution in [0, 0.1) is 19.7 Å². The first kappa shape index (κ1) is 30.8. The van der Waals surface area contributed by atoms with Crippen molar-refractivity contribution < 1.29 is 18.7 Å². The van der Waals surface area contributed by atoms with Gasteiger partial charge < -0.3 is 25.6 Å². The number of nitrogens with one attached hydrogen (secondary N) is 3. The number of pyridine rings is 1. The van der Waals surface area contributed by atoms with Crippen molar-refractivity contribution in [3.63, 3.8) is 0 Å². The van der Waals surface area contributed by atoms with Gasteiger partial charge in [-0.25, -0.2) is 9.18 Å². The molecule has 0 bridgehead atoms. The Hall–Kier alpha value is -3.70. The first-order chi connectivity index (χ1) is 19.0. The molecule has 0 spiro atoms. The summed E-state index contributed by atoms with van der Waals surface area (Å²) >= 11 is 3.39. The quantitative estimate of drug-likeness (QED) is 0.302. The van der Waals surface area contributed by atoms with E-state index in [9.17, 15) is 18.8 Å². The van der Waals surface area contributed by atoms with E-state index in [1.807, 2.05) is 32.0 Å². The van der Waals surface area contributed by atoms with Crippen LogP contribution in [0.25, 0.3) is 5.69 Å². The molecule has 0 aliphatic heterocycles. The predicted molar refractivity (Wildman–Crippen MR) is 157 cm³/mol. The van der Waals surface area contributed by atoms with Crippen molar-refractivity contribution >= 4 is 27.9 Å². The Morgan fingerprint density at radius 1 is 1.02 bits per heavy atom. The number of carbonyl (C=O) groups is 2. The van der Waals surface area contributed by atoms with Gasteiger partial charge in [-0.05, 0) is 91.8 Å². The highest BCUT2D eigenvalue weighted by Crippen LogP contribution is 2.27. The summed E-state index contributed by atoms with van der Waals surface area (Å²) in [6, 6.07) is 10.9. The van der Waals surface area contributed by atoms with Crippen molar-refractivity contribution in [3.05, 3.63) is 91.1 Å². The molecule has 0 aliphatic rings. The second-order valence-corrected chi connectivity index (χ2v) is 10.4. The van der Waals surface area contributed by atoms with Crippen LogP contribution in [0.5, 0.6) is 5.75 Å². The maximum Gasteiger partial charge on any atom is 0.315 e. The van der Waals surface area contributed by atoms with Crippen LogP contribution >= 0.6 is 15.9 Å². The highest BCUT2D eigenvalue weighted by Gasteiger charge is 2.17. The van der Waals surface area contributed by atoms with E-state index < -0.39 is 5.82 Å². The molecule has 0 atom stereocenters. The minimum absolute atomic E-state index is 0.0514. The second-order valence-electron chi connectivity index (χ2n) is 9.58. The van der Waals surface area contributed by atoms with Gasteiger partial charge in [-0.2, -0.15) is 0 Å². The molecule has 9 nitrogen and oxygen atoms in total. The van der Waals surface area contributed by atoms with Crippen molar-refractivity contribution in [1.82, 2.24) is 25.4 Å². The van der Waals surface area contributed by atoms with Crippen LogP contribution in [0.1, 0.15) is 39.7 Å². The molecule has 214 valence electrons. The molecule has 3 rings (SSSR count). The number of aromatic nitrogens is 1. The number of urea groups is 1. The average Bonchev–Trinajstić information content (AvgIpc) is 2.90. The van der Waals surface area contributed by atoms with E-state index in [4.69, 9.17) is 4.74 Å². The summed E-state index contributed by atoms with van der Waals surface area (Å²) in [5.74, 6) is -0.328. The van der Waals surface area contributed by atoms with Crippen molar-refractivity contribution in [1.29, 1.82) is 0 Å². The van der Waals surface area contributed by atoms with Gasteiger partial charge >= 0.3 is 6.03 Å². The number of hydrogen-bond donors (Lipinski definition) is 3. The van der Waals surface area contributed by atoms with Crippen LogP contribution in [0.2, 0.25) is 0 Å². The first-order valence-corrected chi connectivity index (χ1v) is 13.7. The lowest BCUT2D eigenvalue weighted by Crippen LogP contribution is -2.35. The molecule has 0 saturated heterocycles. The van der Waals surface area contributed by atoms with Gasteiger partial charge in [0.1, 0.15) is 22.6 Å². The Kier molecular flexibility index (Phi) is 10.9. The minimum Gasteiger partial charge on any atom is -0.487 e. The zero-order chi connectivity index (χ0) is 29.4. The fourth-order valence-electron chi connectivity index (χ4n) is 4.03. The number of rotatable bonds is 11. The van der Waals surface area contributed by atoms with E-state index >= 15 is 0 Å². The smallest absolute Gasteiger partial charge is 0.315 e. The third kappa shape index (κ3) is 7.92. The molecule has 0 radical (unpaired) electrons. The fraction of sp³-hybridized carbons (Fsp3) is 0.345. The summed E-state index contributed by atoms with van der Waals surface area (Å²) in [4.78, 5) is 40.0. The SMILES string of the molecule is CCNC(=O)NCc1cc(F)ccc1COc1cc(C)n(-c2cc(C(=O)NCCN(C)C)ccc2C)c(=O)c1Br. The van der Waals surface area contributed by atoms with E-state index in [0.29, 0.717) is 53.5 Å². The predicted octanol–water partition coefficient (Wildman–Crippen LogP) is 4.05. The van der Waals surface area contributed by atoms with Crippen LogP contribution in [-0.4, -0.2) is 55.1 Å². The average molecular weight is 617 g/mol. The number of carbonyl (C=O) groups excluding carboxylic acids is 2. The minimum atomic E-state index is -0.431. The second kappa shape index (κ2) is 14.1. The van der Waals surface area contributed by atoms with Gasteiger partial charge in [0, 0.05) is 43.5 Å². The first-order valence-electron chi connectivity index (χ1n) is 12.9. The van der Waals surface area contributed by atoms with Crippen LogP contribution in [0.3, 0.4) is 0 Å². The monoisotopic (exact) mass is 615 g/mol. The lowest BCUT2D eigenvalue weighted by Gasteiger charge is -2.18. The molecule has 0 aliphatic carbocycles. The van der Waals surface area contributed by atoms with E-state index in [0.717, 1.165) is 5.56 Å². The lowest BCUT2D eigenvalue weighted by atomic mass is 10.1. The molecular formula is C29H35BrFN5O4. The summed E-state index contributed by atoms with van der Waals surface area (Å²) in [5, 5.41) is 8.21. The van der Waals surface area contributed by atoms with E-state index in [2.05, 4.69) is 31.9 Å². The molecule has 3 aromatic rings. The van der Waals surface area contributed by atoms with Gasteiger partial charge in [0.05, 0.1) is 5.69 Å². The number of amides is 3. The largest absolute Gasteiger partial charge is 0.487 e. The molecule has 2 aromatic carbocycles. The zero-order valence-corrected chi connectivity index (χ0v) is 24.9. The van der Waals surface area contributed by atoms with Crippen LogP contribution in [0.4, 0.5) is 9.18 Å².